The number of hydrogen-bond donors (Lipinski definition) is 1. The molecule has 1 N–H and O–H groups in total. The molecule has 0 spiro atoms. The van der Waals surface area contributed by atoms with Crippen molar-refractivity contribution in [1.29, 1.82) is 0 Å². The van der Waals surface area contributed by atoms with Gasteiger partial charge in [-0.15, -0.1) is 0 Å². The van der Waals surface area contributed by atoms with Gasteiger partial charge in [-0.25, -0.2) is 9.59 Å². The lowest BCUT2D eigenvalue weighted by Crippen LogP contribution is -2.49. The molecule has 0 bridgehead atoms. The Morgan fingerprint density at radius 1 is 1.08 bits per heavy atom. The molecule has 0 unspecified atom stereocenters. The molecule has 1 aliphatic carbocycles. The van der Waals surface area contributed by atoms with Gasteiger partial charge in [-0.05, 0) is 48.0 Å². The molecule has 0 aromatic heterocycles. The van der Waals surface area contributed by atoms with Crippen molar-refractivity contribution in [3.8, 4) is 0 Å². The van der Waals surface area contributed by atoms with Gasteiger partial charge < -0.3 is 14.8 Å². The van der Waals surface area contributed by atoms with Crippen molar-refractivity contribution in [3.05, 3.63) is 0 Å². The molecule has 0 aromatic rings. The molecular weight excluding hydrogens is 338 g/mol. The summed E-state index contributed by atoms with van der Waals surface area (Å²) < 4.78 is 37.5. The van der Waals surface area contributed by atoms with Gasteiger partial charge in [0, 0.05) is 5.92 Å². The van der Waals surface area contributed by atoms with Crippen molar-refractivity contribution < 1.29 is 31.7 Å². The van der Waals surface area contributed by atoms with Gasteiger partial charge in [0.1, 0.15) is 16.7 Å². The number of rotatable bonds is 5. The highest BCUT2D eigenvalue weighted by molar-refractivity contribution is 7.85. The number of ether oxygens (including phenoxy) is 2. The first-order valence-electron chi connectivity index (χ1n) is 7.63. The lowest BCUT2D eigenvalue weighted by molar-refractivity contribution is -0.159. The summed E-state index contributed by atoms with van der Waals surface area (Å²) in [6, 6.07) is 0. The summed E-state index contributed by atoms with van der Waals surface area (Å²) in [5.41, 5.74) is -2.81. The largest absolute Gasteiger partial charge is 0.458 e. The van der Waals surface area contributed by atoms with E-state index in [2.05, 4.69) is 5.32 Å². The second-order valence-corrected chi connectivity index (χ2v) is 9.63. The fourth-order valence-electron chi connectivity index (χ4n) is 2.05. The van der Waals surface area contributed by atoms with E-state index in [0.29, 0.717) is 0 Å². The first-order valence-corrected chi connectivity index (χ1v) is 9.45. The van der Waals surface area contributed by atoms with Gasteiger partial charge in [0.15, 0.2) is 0 Å². The molecule has 1 amide bonds. The van der Waals surface area contributed by atoms with E-state index in [9.17, 15) is 18.0 Å². The summed E-state index contributed by atoms with van der Waals surface area (Å²) >= 11 is 0. The van der Waals surface area contributed by atoms with E-state index in [0.717, 1.165) is 6.26 Å². The quantitative estimate of drug-likeness (QED) is 0.582. The van der Waals surface area contributed by atoms with Crippen LogP contribution < -0.4 is 5.32 Å². The van der Waals surface area contributed by atoms with Gasteiger partial charge in [-0.1, -0.05) is 0 Å². The van der Waals surface area contributed by atoms with Crippen LogP contribution in [0.5, 0.6) is 0 Å². The van der Waals surface area contributed by atoms with Gasteiger partial charge >= 0.3 is 12.1 Å². The Hall–Kier alpha value is -1.35. The zero-order valence-corrected chi connectivity index (χ0v) is 16.1. The van der Waals surface area contributed by atoms with E-state index in [1.807, 2.05) is 0 Å². The van der Waals surface area contributed by atoms with Gasteiger partial charge in [0.25, 0.3) is 10.1 Å². The third-order valence-corrected chi connectivity index (χ3v) is 3.64. The van der Waals surface area contributed by atoms with Crippen LogP contribution in [-0.2, 0) is 28.6 Å². The normalized spacial score (nSPS) is 24.2. The minimum absolute atomic E-state index is 0.214. The van der Waals surface area contributed by atoms with E-state index < -0.39 is 44.8 Å². The lowest BCUT2D eigenvalue weighted by Gasteiger charge is -2.27. The van der Waals surface area contributed by atoms with Crippen LogP contribution in [0.1, 0.15) is 48.0 Å². The van der Waals surface area contributed by atoms with Crippen molar-refractivity contribution in [2.24, 2.45) is 5.92 Å². The topological polar surface area (TPSA) is 108 Å². The summed E-state index contributed by atoms with van der Waals surface area (Å²) in [6.07, 6.45) is 0.373. The molecule has 24 heavy (non-hydrogen) atoms. The summed E-state index contributed by atoms with van der Waals surface area (Å²) in [5, 5.41) is 2.52. The minimum atomic E-state index is -3.64. The van der Waals surface area contributed by atoms with E-state index in [1.54, 1.807) is 41.5 Å². The van der Waals surface area contributed by atoms with Crippen molar-refractivity contribution in [3.63, 3.8) is 0 Å². The van der Waals surface area contributed by atoms with Crippen LogP contribution >= 0.6 is 0 Å². The SMILES string of the molecule is CC(C)(C)OC(=O)N[C@@]1(C(=O)OC(C)(C)C)C[C@H]1COS(C)(=O)=O. The molecule has 0 aromatic carbocycles. The second kappa shape index (κ2) is 6.51. The Bertz CT molecular complexity index is 600. The Morgan fingerprint density at radius 2 is 1.58 bits per heavy atom. The molecule has 1 rings (SSSR count). The number of amides is 1. The average Bonchev–Trinajstić information content (AvgIpc) is 2.95. The third-order valence-electron chi connectivity index (χ3n) is 3.08. The van der Waals surface area contributed by atoms with Crippen LogP contribution in [-0.4, -0.2) is 50.1 Å². The van der Waals surface area contributed by atoms with Gasteiger partial charge in [0.2, 0.25) is 0 Å². The number of esters is 1. The van der Waals surface area contributed by atoms with E-state index in [1.165, 1.54) is 0 Å². The zero-order valence-electron chi connectivity index (χ0n) is 15.3. The highest BCUT2D eigenvalue weighted by atomic mass is 32.2. The van der Waals surface area contributed by atoms with E-state index in [-0.39, 0.29) is 13.0 Å². The minimum Gasteiger partial charge on any atom is -0.458 e. The van der Waals surface area contributed by atoms with E-state index >= 15 is 0 Å². The van der Waals surface area contributed by atoms with Gasteiger partial charge in [-0.2, -0.15) is 8.42 Å². The van der Waals surface area contributed by atoms with Crippen molar-refractivity contribution >= 4 is 22.2 Å². The number of nitrogens with one attached hydrogen (secondary N) is 1. The maximum absolute atomic E-state index is 12.5. The Balaban J connectivity index is 2.86. The lowest BCUT2D eigenvalue weighted by atomic mass is 10.1. The molecule has 1 aliphatic rings. The molecule has 8 nitrogen and oxygen atoms in total. The molecule has 2 atom stereocenters. The molecule has 140 valence electrons. The van der Waals surface area contributed by atoms with Crippen LogP contribution in [0.25, 0.3) is 0 Å². The highest BCUT2D eigenvalue weighted by Crippen LogP contribution is 2.45. The molecule has 0 aliphatic heterocycles. The Kier molecular flexibility index (Phi) is 5.62. The number of carbonyl (C=O) groups is 2. The average molecular weight is 365 g/mol. The van der Waals surface area contributed by atoms with Crippen LogP contribution in [0, 0.1) is 5.92 Å². The fraction of sp³-hybridized carbons (Fsp3) is 0.867. The predicted octanol–water partition coefficient (Wildman–Crippen LogP) is 1.59. The standard InChI is InChI=1S/C15H27NO7S/c1-13(2,3)22-11(17)15(16-12(18)23-14(4,5)6)8-10(15)9-21-24(7,19)20/h10H,8-9H2,1-7H3,(H,16,18)/t10-,15-/m0/s1. The van der Waals surface area contributed by atoms with Crippen molar-refractivity contribution in [2.45, 2.75) is 64.7 Å². The molecule has 1 saturated carbocycles. The first kappa shape index (κ1) is 20.7. The molecule has 0 heterocycles. The molecule has 9 heteroatoms. The summed E-state index contributed by atoms with van der Waals surface area (Å²) in [7, 11) is -3.64. The maximum atomic E-state index is 12.5. The van der Waals surface area contributed by atoms with Crippen LogP contribution in [0.4, 0.5) is 4.79 Å². The Labute approximate surface area is 143 Å². The van der Waals surface area contributed by atoms with Crippen molar-refractivity contribution in [2.75, 3.05) is 12.9 Å². The Morgan fingerprint density at radius 3 is 2.00 bits per heavy atom. The maximum Gasteiger partial charge on any atom is 0.408 e. The van der Waals surface area contributed by atoms with Crippen molar-refractivity contribution in [1.82, 2.24) is 5.32 Å². The molecule has 0 radical (unpaired) electrons. The second-order valence-electron chi connectivity index (χ2n) is 7.99. The summed E-state index contributed by atoms with van der Waals surface area (Å²) in [4.78, 5) is 24.5. The zero-order chi connectivity index (χ0) is 19.0. The van der Waals surface area contributed by atoms with Crippen LogP contribution in [0.2, 0.25) is 0 Å². The molecule has 0 saturated heterocycles. The monoisotopic (exact) mass is 365 g/mol. The predicted molar refractivity (Wildman–Crippen MR) is 86.8 cm³/mol. The summed E-state index contributed by atoms with van der Waals surface area (Å²) in [5.74, 6) is -1.14. The molecule has 1 fully saturated rings. The summed E-state index contributed by atoms with van der Waals surface area (Å²) in [6.45, 7) is 9.99. The first-order chi connectivity index (χ1) is 10.5. The van der Waals surface area contributed by atoms with Gasteiger partial charge in [0.05, 0.1) is 12.9 Å². The smallest absolute Gasteiger partial charge is 0.408 e. The molecular formula is C15H27NO7S. The number of alkyl carbamates (subject to hydrolysis) is 1. The number of hydrogen-bond acceptors (Lipinski definition) is 7. The highest BCUT2D eigenvalue weighted by Gasteiger charge is 2.64. The van der Waals surface area contributed by atoms with Crippen LogP contribution in [0.15, 0.2) is 0 Å². The van der Waals surface area contributed by atoms with Crippen LogP contribution in [0.3, 0.4) is 0 Å². The third kappa shape index (κ3) is 6.64. The fourth-order valence-corrected chi connectivity index (χ4v) is 2.46. The number of carbonyl (C=O) groups excluding carboxylic acids is 2. The van der Waals surface area contributed by atoms with E-state index in [4.69, 9.17) is 13.7 Å². The van der Waals surface area contributed by atoms with Gasteiger partial charge in [-0.3, -0.25) is 4.18 Å².